The van der Waals surface area contributed by atoms with Gasteiger partial charge in [-0.1, -0.05) is 17.3 Å². The molecule has 1 saturated heterocycles. The lowest BCUT2D eigenvalue weighted by Gasteiger charge is -2.22. The molecule has 4 heterocycles. The first-order chi connectivity index (χ1) is 16.5. The van der Waals surface area contributed by atoms with E-state index in [1.807, 2.05) is 22.9 Å². The predicted octanol–water partition coefficient (Wildman–Crippen LogP) is 2.85. The summed E-state index contributed by atoms with van der Waals surface area (Å²) in [5, 5.41) is 15.8. The minimum absolute atomic E-state index is 0.0681. The second-order valence-corrected chi connectivity index (χ2v) is 8.81. The van der Waals surface area contributed by atoms with E-state index in [0.29, 0.717) is 11.5 Å². The number of hydrogen-bond donors (Lipinski definition) is 2. The molecule has 10 nitrogen and oxygen atoms in total. The van der Waals surface area contributed by atoms with Crippen molar-refractivity contribution in [2.45, 2.75) is 45.2 Å². The van der Waals surface area contributed by atoms with E-state index in [1.54, 1.807) is 24.8 Å². The molecule has 1 aliphatic rings. The van der Waals surface area contributed by atoms with E-state index in [1.165, 1.54) is 0 Å². The van der Waals surface area contributed by atoms with E-state index in [9.17, 15) is 4.79 Å². The zero-order valence-electron chi connectivity index (χ0n) is 19.3. The molecule has 174 valence electrons. The molecule has 1 fully saturated rings. The standard InChI is InChI=1S/C24H27N9O/c1-15(2)28-24-13-26-12-20(30-24)16-3-4-17-11-27-23(29-19(17)9-16)10-22(34)21-14-33(32-31-21)18-5-7-25-8-6-18/h3-4,9,11-15,18,25H,5-8,10H2,1-2H3,(H,28,30). The largest absolute Gasteiger partial charge is 0.367 e. The Hall–Kier alpha value is -3.79. The molecule has 34 heavy (non-hydrogen) atoms. The smallest absolute Gasteiger partial charge is 0.192 e. The van der Waals surface area contributed by atoms with Crippen molar-refractivity contribution in [2.24, 2.45) is 0 Å². The van der Waals surface area contributed by atoms with Crippen molar-refractivity contribution < 1.29 is 4.79 Å². The number of anilines is 1. The van der Waals surface area contributed by atoms with E-state index in [-0.39, 0.29) is 24.3 Å². The monoisotopic (exact) mass is 457 g/mol. The van der Waals surface area contributed by atoms with Gasteiger partial charge in [0.25, 0.3) is 0 Å². The molecule has 0 unspecified atom stereocenters. The number of nitrogens with one attached hydrogen (secondary N) is 2. The number of Topliss-reactive ketones (excluding diaryl/α,β-unsaturated/α-hetero) is 1. The fourth-order valence-electron chi connectivity index (χ4n) is 4.06. The average molecular weight is 458 g/mol. The second-order valence-electron chi connectivity index (χ2n) is 8.81. The Bertz CT molecular complexity index is 1310. The van der Waals surface area contributed by atoms with Crippen LogP contribution in [-0.4, -0.2) is 59.8 Å². The van der Waals surface area contributed by atoms with Crippen LogP contribution in [-0.2, 0) is 6.42 Å². The van der Waals surface area contributed by atoms with Crippen LogP contribution in [0, 0.1) is 0 Å². The highest BCUT2D eigenvalue weighted by atomic mass is 16.1. The summed E-state index contributed by atoms with van der Waals surface area (Å²) in [5.74, 6) is 1.03. The first-order valence-corrected chi connectivity index (χ1v) is 11.6. The number of rotatable bonds is 7. The number of piperidine rings is 1. The Morgan fingerprint density at radius 1 is 1.18 bits per heavy atom. The fraction of sp³-hybridized carbons (Fsp3) is 0.375. The molecule has 3 aromatic heterocycles. The molecule has 0 radical (unpaired) electrons. The average Bonchev–Trinajstić information content (AvgIpc) is 3.35. The number of fused-ring (bicyclic) bond motifs is 1. The number of benzene rings is 1. The summed E-state index contributed by atoms with van der Waals surface area (Å²) < 4.78 is 1.81. The number of carbonyl (C=O) groups is 1. The van der Waals surface area contributed by atoms with Crippen LogP contribution in [0.3, 0.4) is 0 Å². The second kappa shape index (κ2) is 9.60. The zero-order valence-corrected chi connectivity index (χ0v) is 19.3. The SMILES string of the molecule is CC(C)Nc1cncc(-c2ccc3cnc(CC(=O)c4cn(C5CCNCC5)nn4)nc3c2)n1. The Balaban J connectivity index is 1.34. The summed E-state index contributed by atoms with van der Waals surface area (Å²) in [7, 11) is 0. The summed E-state index contributed by atoms with van der Waals surface area (Å²) in [6.07, 6.45) is 8.94. The van der Waals surface area contributed by atoms with Gasteiger partial charge in [0.05, 0.1) is 42.3 Å². The van der Waals surface area contributed by atoms with Gasteiger partial charge in [-0.3, -0.25) is 9.78 Å². The Kier molecular flexibility index (Phi) is 6.22. The molecular weight excluding hydrogens is 430 g/mol. The van der Waals surface area contributed by atoms with Crippen molar-refractivity contribution in [2.75, 3.05) is 18.4 Å². The van der Waals surface area contributed by atoms with Gasteiger partial charge in [-0.15, -0.1) is 5.10 Å². The molecule has 0 amide bonds. The van der Waals surface area contributed by atoms with Gasteiger partial charge in [0, 0.05) is 23.2 Å². The molecule has 0 saturated carbocycles. The highest BCUT2D eigenvalue weighted by Crippen LogP contribution is 2.23. The van der Waals surface area contributed by atoms with Gasteiger partial charge in [-0.2, -0.15) is 0 Å². The number of carbonyl (C=O) groups excluding carboxylic acids is 1. The third-order valence-corrected chi connectivity index (χ3v) is 5.80. The minimum Gasteiger partial charge on any atom is -0.367 e. The quantitative estimate of drug-likeness (QED) is 0.403. The molecule has 0 spiro atoms. The van der Waals surface area contributed by atoms with Crippen LogP contribution < -0.4 is 10.6 Å². The molecule has 1 aliphatic heterocycles. The highest BCUT2D eigenvalue weighted by Gasteiger charge is 2.19. The summed E-state index contributed by atoms with van der Waals surface area (Å²) in [4.78, 5) is 30.8. The normalized spacial score (nSPS) is 14.6. The molecule has 0 bridgehead atoms. The van der Waals surface area contributed by atoms with Gasteiger partial charge in [-0.25, -0.2) is 19.6 Å². The van der Waals surface area contributed by atoms with E-state index >= 15 is 0 Å². The first-order valence-electron chi connectivity index (χ1n) is 11.6. The molecule has 1 aromatic carbocycles. The maximum atomic E-state index is 12.8. The van der Waals surface area contributed by atoms with Crippen LogP contribution in [0.2, 0.25) is 0 Å². The van der Waals surface area contributed by atoms with Crippen LogP contribution in [0.15, 0.2) is 43.0 Å². The lowest BCUT2D eigenvalue weighted by atomic mass is 10.1. The van der Waals surface area contributed by atoms with E-state index in [0.717, 1.165) is 53.9 Å². The van der Waals surface area contributed by atoms with Gasteiger partial charge in [-0.05, 0) is 45.8 Å². The fourth-order valence-corrected chi connectivity index (χ4v) is 4.06. The van der Waals surface area contributed by atoms with E-state index < -0.39 is 0 Å². The Morgan fingerprint density at radius 2 is 2.03 bits per heavy atom. The Labute approximate surface area is 197 Å². The number of nitrogens with zero attached hydrogens (tertiary/aromatic N) is 7. The maximum Gasteiger partial charge on any atom is 0.192 e. The van der Waals surface area contributed by atoms with Crippen molar-refractivity contribution >= 4 is 22.5 Å². The number of ketones is 1. The van der Waals surface area contributed by atoms with Crippen molar-refractivity contribution in [1.29, 1.82) is 0 Å². The van der Waals surface area contributed by atoms with Crippen molar-refractivity contribution in [3.8, 4) is 11.3 Å². The number of aromatic nitrogens is 7. The van der Waals surface area contributed by atoms with Gasteiger partial charge in [0.1, 0.15) is 17.3 Å². The maximum absolute atomic E-state index is 12.8. The van der Waals surface area contributed by atoms with Crippen LogP contribution in [0.25, 0.3) is 22.2 Å². The lowest BCUT2D eigenvalue weighted by Crippen LogP contribution is -2.29. The number of hydrogen-bond acceptors (Lipinski definition) is 9. The molecule has 10 heteroatoms. The highest BCUT2D eigenvalue weighted by molar-refractivity contribution is 5.95. The zero-order chi connectivity index (χ0) is 23.5. The summed E-state index contributed by atoms with van der Waals surface area (Å²) in [6, 6.07) is 6.41. The minimum atomic E-state index is -0.144. The molecule has 2 N–H and O–H groups in total. The summed E-state index contributed by atoms with van der Waals surface area (Å²) in [6.45, 7) is 6.01. The van der Waals surface area contributed by atoms with Gasteiger partial charge >= 0.3 is 0 Å². The molecular formula is C24H27N9O. The van der Waals surface area contributed by atoms with Gasteiger partial charge < -0.3 is 10.6 Å². The third-order valence-electron chi connectivity index (χ3n) is 5.80. The summed E-state index contributed by atoms with van der Waals surface area (Å²) in [5.41, 5.74) is 2.74. The van der Waals surface area contributed by atoms with Gasteiger partial charge in [0.15, 0.2) is 5.78 Å². The van der Waals surface area contributed by atoms with Crippen LogP contribution in [0.5, 0.6) is 0 Å². The molecule has 0 aliphatic carbocycles. The van der Waals surface area contributed by atoms with E-state index in [2.05, 4.69) is 54.7 Å². The Morgan fingerprint density at radius 3 is 2.85 bits per heavy atom. The van der Waals surface area contributed by atoms with E-state index in [4.69, 9.17) is 0 Å². The molecule has 4 aromatic rings. The molecule has 5 rings (SSSR count). The van der Waals surface area contributed by atoms with Gasteiger partial charge in [0.2, 0.25) is 0 Å². The van der Waals surface area contributed by atoms with Crippen LogP contribution in [0.1, 0.15) is 49.0 Å². The lowest BCUT2D eigenvalue weighted by molar-refractivity contribution is 0.0986. The van der Waals surface area contributed by atoms with Crippen LogP contribution >= 0.6 is 0 Å². The third kappa shape index (κ3) is 4.91. The molecule has 0 atom stereocenters. The van der Waals surface area contributed by atoms with Crippen molar-refractivity contribution in [3.63, 3.8) is 0 Å². The van der Waals surface area contributed by atoms with Crippen molar-refractivity contribution in [1.82, 2.24) is 40.2 Å². The summed E-state index contributed by atoms with van der Waals surface area (Å²) >= 11 is 0. The van der Waals surface area contributed by atoms with Crippen LogP contribution in [0.4, 0.5) is 5.82 Å². The first kappa shape index (κ1) is 22.0. The topological polar surface area (TPSA) is 123 Å². The van der Waals surface area contributed by atoms with Crippen molar-refractivity contribution in [3.05, 3.63) is 54.5 Å². The predicted molar refractivity (Wildman–Crippen MR) is 129 cm³/mol.